The summed E-state index contributed by atoms with van der Waals surface area (Å²) in [5.74, 6) is -3.20. The number of rotatable bonds is 14. The number of nitrogens with two attached hydrogens (primary N) is 2. The molecule has 0 rings (SSSR count). The zero-order valence-corrected chi connectivity index (χ0v) is 18.2. The van der Waals surface area contributed by atoms with Crippen LogP contribution in [0.3, 0.4) is 0 Å². The number of carbonyl (C=O) groups excluding carboxylic acids is 3. The number of unbranched alkanes of at least 4 members (excludes halogenated alkanes) is 1. The van der Waals surface area contributed by atoms with Gasteiger partial charge in [-0.1, -0.05) is 26.7 Å². The molecule has 0 radical (unpaired) electrons. The van der Waals surface area contributed by atoms with Crippen LogP contribution in [0.25, 0.3) is 0 Å². The smallest absolute Gasteiger partial charge is 0.327 e. The minimum atomic E-state index is -1.22. The second kappa shape index (κ2) is 14.2. The van der Waals surface area contributed by atoms with E-state index >= 15 is 0 Å². The third-order valence-electron chi connectivity index (χ3n) is 4.65. The van der Waals surface area contributed by atoms with E-state index < -0.39 is 47.9 Å². The molecule has 0 aliphatic heterocycles. The van der Waals surface area contributed by atoms with Crippen molar-refractivity contribution in [3.63, 3.8) is 0 Å². The summed E-state index contributed by atoms with van der Waals surface area (Å²) in [5, 5.41) is 16.6. The molecule has 10 nitrogen and oxygen atoms in total. The lowest BCUT2D eigenvalue weighted by Gasteiger charge is -2.26. The molecule has 0 aliphatic carbocycles. The third-order valence-corrected chi connectivity index (χ3v) is 5.01. The summed E-state index contributed by atoms with van der Waals surface area (Å²) in [6, 6.07) is -3.79. The van der Waals surface area contributed by atoms with E-state index in [1.54, 1.807) is 6.92 Å². The van der Waals surface area contributed by atoms with Crippen molar-refractivity contribution in [1.82, 2.24) is 16.0 Å². The Morgan fingerprint density at radius 3 is 2.10 bits per heavy atom. The van der Waals surface area contributed by atoms with Crippen molar-refractivity contribution < 1.29 is 24.3 Å². The summed E-state index contributed by atoms with van der Waals surface area (Å²) >= 11 is 3.91. The van der Waals surface area contributed by atoms with Crippen LogP contribution in [0.5, 0.6) is 0 Å². The highest BCUT2D eigenvalue weighted by Crippen LogP contribution is 2.09. The number of nitrogens with one attached hydrogen (secondary N) is 3. The van der Waals surface area contributed by atoms with Gasteiger partial charge in [-0.05, 0) is 32.2 Å². The van der Waals surface area contributed by atoms with Crippen molar-refractivity contribution in [2.75, 3.05) is 12.3 Å². The fourth-order valence-corrected chi connectivity index (χ4v) is 2.70. The number of amides is 3. The van der Waals surface area contributed by atoms with Gasteiger partial charge in [-0.3, -0.25) is 14.4 Å². The first-order valence-corrected chi connectivity index (χ1v) is 10.4. The average molecular weight is 434 g/mol. The summed E-state index contributed by atoms with van der Waals surface area (Å²) in [5.41, 5.74) is 11.2. The van der Waals surface area contributed by atoms with E-state index in [1.165, 1.54) is 6.92 Å². The molecule has 0 saturated heterocycles. The Morgan fingerprint density at radius 1 is 1.00 bits per heavy atom. The molecule has 0 aromatic rings. The lowest BCUT2D eigenvalue weighted by Crippen LogP contribution is -2.58. The van der Waals surface area contributed by atoms with E-state index in [9.17, 15) is 19.2 Å². The van der Waals surface area contributed by atoms with Gasteiger partial charge in [-0.25, -0.2) is 4.79 Å². The molecule has 0 heterocycles. The van der Waals surface area contributed by atoms with Gasteiger partial charge in [0.25, 0.3) is 0 Å². The Morgan fingerprint density at radius 2 is 1.62 bits per heavy atom. The molecule has 5 atom stereocenters. The van der Waals surface area contributed by atoms with Gasteiger partial charge in [0.2, 0.25) is 17.7 Å². The lowest BCUT2D eigenvalue weighted by atomic mass is 9.97. The van der Waals surface area contributed by atoms with Gasteiger partial charge in [0, 0.05) is 5.75 Å². The minimum absolute atomic E-state index is 0.0866. The van der Waals surface area contributed by atoms with E-state index in [0.29, 0.717) is 25.8 Å². The number of hydrogen-bond donors (Lipinski definition) is 7. The van der Waals surface area contributed by atoms with Crippen LogP contribution in [0.1, 0.15) is 46.5 Å². The summed E-state index contributed by atoms with van der Waals surface area (Å²) < 4.78 is 0. The molecule has 0 bridgehead atoms. The summed E-state index contributed by atoms with van der Waals surface area (Å²) in [6.45, 7) is 5.61. The Labute approximate surface area is 177 Å². The third kappa shape index (κ3) is 9.95. The first kappa shape index (κ1) is 27.1. The van der Waals surface area contributed by atoms with Crippen molar-refractivity contribution in [3.05, 3.63) is 0 Å². The summed E-state index contributed by atoms with van der Waals surface area (Å²) in [6.07, 6.45) is 2.49. The number of aliphatic carboxylic acids is 1. The van der Waals surface area contributed by atoms with E-state index in [0.717, 1.165) is 6.42 Å². The van der Waals surface area contributed by atoms with Gasteiger partial charge in [0.05, 0.1) is 6.04 Å². The van der Waals surface area contributed by atoms with E-state index in [-0.39, 0.29) is 11.7 Å². The molecule has 0 aromatic heterocycles. The molecular weight excluding hydrogens is 398 g/mol. The molecule has 0 aliphatic rings. The van der Waals surface area contributed by atoms with Crippen molar-refractivity contribution in [2.24, 2.45) is 17.4 Å². The van der Waals surface area contributed by atoms with Crippen LogP contribution >= 0.6 is 12.6 Å². The monoisotopic (exact) mass is 433 g/mol. The standard InChI is InChI=1S/C18H35N5O5S/c1-4-10(2)14(17(26)22-13(9-29)18(27)28)23-15(24)11(3)21-16(25)12(20)7-5-6-8-19/h10-14,29H,4-9,19-20H2,1-3H3,(H,21,25)(H,22,26)(H,23,24)(H,27,28). The van der Waals surface area contributed by atoms with Crippen LogP contribution < -0.4 is 27.4 Å². The number of carbonyl (C=O) groups is 4. The SMILES string of the molecule is CCC(C)C(NC(=O)C(C)NC(=O)C(N)CCCCN)C(=O)NC(CS)C(=O)O. The fourth-order valence-electron chi connectivity index (χ4n) is 2.45. The van der Waals surface area contributed by atoms with Gasteiger partial charge < -0.3 is 32.5 Å². The Hall–Kier alpha value is -1.85. The quantitative estimate of drug-likeness (QED) is 0.135. The second-order valence-electron chi connectivity index (χ2n) is 7.08. The maximum Gasteiger partial charge on any atom is 0.327 e. The Kier molecular flexibility index (Phi) is 13.3. The van der Waals surface area contributed by atoms with E-state index in [2.05, 4.69) is 28.6 Å². The summed E-state index contributed by atoms with van der Waals surface area (Å²) in [7, 11) is 0. The zero-order chi connectivity index (χ0) is 22.6. The van der Waals surface area contributed by atoms with E-state index in [1.807, 2.05) is 6.92 Å². The van der Waals surface area contributed by atoms with Crippen LogP contribution in [-0.4, -0.2) is 65.3 Å². The predicted octanol–water partition coefficient (Wildman–Crippen LogP) is -1.02. The molecule has 0 fully saturated rings. The van der Waals surface area contributed by atoms with Crippen LogP contribution in [0.4, 0.5) is 0 Å². The lowest BCUT2D eigenvalue weighted by molar-refractivity contribution is -0.142. The van der Waals surface area contributed by atoms with Crippen molar-refractivity contribution in [3.8, 4) is 0 Å². The zero-order valence-electron chi connectivity index (χ0n) is 17.3. The molecule has 0 spiro atoms. The fraction of sp³-hybridized carbons (Fsp3) is 0.778. The number of hydrogen-bond acceptors (Lipinski definition) is 7. The van der Waals surface area contributed by atoms with Gasteiger partial charge in [-0.15, -0.1) is 0 Å². The number of thiol groups is 1. The topological polar surface area (TPSA) is 177 Å². The average Bonchev–Trinajstić information content (AvgIpc) is 2.68. The van der Waals surface area contributed by atoms with Gasteiger partial charge in [0.15, 0.2) is 0 Å². The van der Waals surface area contributed by atoms with Gasteiger partial charge >= 0.3 is 5.97 Å². The first-order chi connectivity index (χ1) is 13.6. The molecule has 3 amide bonds. The highest BCUT2D eigenvalue weighted by molar-refractivity contribution is 7.80. The number of carboxylic acid groups (broad SMARTS) is 1. The molecule has 0 saturated carbocycles. The maximum atomic E-state index is 12.5. The number of carboxylic acids is 1. The highest BCUT2D eigenvalue weighted by atomic mass is 32.1. The minimum Gasteiger partial charge on any atom is -0.480 e. The van der Waals surface area contributed by atoms with Gasteiger partial charge in [0.1, 0.15) is 18.1 Å². The molecule has 168 valence electrons. The largest absolute Gasteiger partial charge is 0.480 e. The van der Waals surface area contributed by atoms with Crippen LogP contribution in [0.15, 0.2) is 0 Å². The Balaban J connectivity index is 4.94. The van der Waals surface area contributed by atoms with E-state index in [4.69, 9.17) is 16.6 Å². The maximum absolute atomic E-state index is 12.5. The molecule has 11 heteroatoms. The Bertz CT molecular complexity index is 563. The second-order valence-corrected chi connectivity index (χ2v) is 7.44. The first-order valence-electron chi connectivity index (χ1n) is 9.79. The molecular formula is C18H35N5O5S. The normalized spacial score (nSPS) is 16.1. The predicted molar refractivity (Wildman–Crippen MR) is 113 cm³/mol. The van der Waals surface area contributed by atoms with Crippen LogP contribution in [0, 0.1) is 5.92 Å². The van der Waals surface area contributed by atoms with Crippen molar-refractivity contribution >= 4 is 36.3 Å². The molecule has 29 heavy (non-hydrogen) atoms. The molecule has 0 aromatic carbocycles. The highest BCUT2D eigenvalue weighted by Gasteiger charge is 2.31. The van der Waals surface area contributed by atoms with Gasteiger partial charge in [-0.2, -0.15) is 12.6 Å². The van der Waals surface area contributed by atoms with Crippen LogP contribution in [-0.2, 0) is 19.2 Å². The molecule has 8 N–H and O–H groups in total. The van der Waals surface area contributed by atoms with Crippen molar-refractivity contribution in [2.45, 2.75) is 70.6 Å². The summed E-state index contributed by atoms with van der Waals surface area (Å²) in [4.78, 5) is 48.2. The molecule has 5 unspecified atom stereocenters. The van der Waals surface area contributed by atoms with Crippen molar-refractivity contribution in [1.29, 1.82) is 0 Å². The van der Waals surface area contributed by atoms with Crippen LogP contribution in [0.2, 0.25) is 0 Å².